The van der Waals surface area contributed by atoms with E-state index in [4.69, 9.17) is 0 Å². The minimum atomic E-state index is 0.121. The Hall–Kier alpha value is -1.55. The molecule has 0 saturated carbocycles. The molecule has 0 aliphatic carbocycles. The number of carbonyl (C=O) groups is 1. The third-order valence-corrected chi connectivity index (χ3v) is 3.48. The van der Waals surface area contributed by atoms with E-state index in [-0.39, 0.29) is 12.1 Å². The molecule has 98 valence electrons. The van der Waals surface area contributed by atoms with Crippen molar-refractivity contribution in [2.24, 2.45) is 0 Å². The van der Waals surface area contributed by atoms with Crippen molar-refractivity contribution < 1.29 is 4.79 Å². The molecule has 1 aromatic carbocycles. The second-order valence-corrected chi connectivity index (χ2v) is 4.97. The van der Waals surface area contributed by atoms with Crippen molar-refractivity contribution in [3.05, 3.63) is 35.4 Å². The Morgan fingerprint density at radius 2 is 2.00 bits per heavy atom. The van der Waals surface area contributed by atoms with Crippen LogP contribution in [-0.4, -0.2) is 49.1 Å². The van der Waals surface area contributed by atoms with Crippen molar-refractivity contribution in [3.8, 4) is 0 Å². The molecule has 1 heterocycles. The summed E-state index contributed by atoms with van der Waals surface area (Å²) < 4.78 is 0. The number of nitrogens with one attached hydrogen (secondary N) is 1. The van der Waals surface area contributed by atoms with Crippen molar-refractivity contribution >= 4 is 6.03 Å². The van der Waals surface area contributed by atoms with Crippen LogP contribution in [-0.2, 0) is 6.54 Å². The molecule has 1 atom stereocenters. The first-order valence-electron chi connectivity index (χ1n) is 6.33. The molecular weight excluding hydrogens is 226 g/mol. The van der Waals surface area contributed by atoms with Crippen LogP contribution in [0.25, 0.3) is 0 Å². The molecule has 2 amide bonds. The topological polar surface area (TPSA) is 35.6 Å². The predicted molar refractivity (Wildman–Crippen MR) is 72.5 cm³/mol. The van der Waals surface area contributed by atoms with Crippen molar-refractivity contribution in [1.29, 1.82) is 0 Å². The quantitative estimate of drug-likeness (QED) is 0.874. The van der Waals surface area contributed by atoms with Crippen LogP contribution in [0.15, 0.2) is 24.3 Å². The molecular formula is C14H21N3O. The zero-order valence-corrected chi connectivity index (χ0v) is 11.3. The van der Waals surface area contributed by atoms with Crippen LogP contribution >= 0.6 is 0 Å². The Balaban J connectivity index is 2.02. The van der Waals surface area contributed by atoms with Crippen molar-refractivity contribution in [3.63, 3.8) is 0 Å². The second kappa shape index (κ2) is 5.40. The minimum Gasteiger partial charge on any atom is -0.322 e. The Kier molecular flexibility index (Phi) is 3.87. The van der Waals surface area contributed by atoms with Gasteiger partial charge in [-0.1, -0.05) is 29.8 Å². The summed E-state index contributed by atoms with van der Waals surface area (Å²) >= 11 is 0. The lowest BCUT2D eigenvalue weighted by Gasteiger charge is -2.16. The Bertz CT molecular complexity index is 416. The van der Waals surface area contributed by atoms with E-state index < -0.39 is 0 Å². The highest BCUT2D eigenvalue weighted by atomic mass is 16.2. The average molecular weight is 247 g/mol. The molecule has 2 rings (SSSR count). The molecule has 1 aliphatic rings. The summed E-state index contributed by atoms with van der Waals surface area (Å²) in [7, 11) is 3.79. The SMILES string of the molecule is CNCC1CN(Cc2ccc(C)cc2)C(=O)N1C. The number of nitrogens with zero attached hydrogens (tertiary/aromatic N) is 2. The number of carbonyl (C=O) groups excluding carboxylic acids is 1. The van der Waals surface area contributed by atoms with Gasteiger partial charge in [-0.15, -0.1) is 0 Å². The maximum Gasteiger partial charge on any atom is 0.320 e. The average Bonchev–Trinajstić information content (AvgIpc) is 2.61. The number of rotatable bonds is 4. The van der Waals surface area contributed by atoms with E-state index in [1.807, 2.05) is 23.9 Å². The lowest BCUT2D eigenvalue weighted by Crippen LogP contribution is -2.37. The molecule has 0 spiro atoms. The Morgan fingerprint density at radius 3 is 2.61 bits per heavy atom. The van der Waals surface area contributed by atoms with E-state index in [9.17, 15) is 4.79 Å². The van der Waals surface area contributed by atoms with Crippen molar-refractivity contribution in [1.82, 2.24) is 15.1 Å². The fraction of sp³-hybridized carbons (Fsp3) is 0.500. The number of aryl methyl sites for hydroxylation is 1. The summed E-state index contributed by atoms with van der Waals surface area (Å²) in [6.45, 7) is 4.40. The zero-order chi connectivity index (χ0) is 13.1. The van der Waals surface area contributed by atoms with Gasteiger partial charge in [0, 0.05) is 26.7 Å². The number of hydrogen-bond acceptors (Lipinski definition) is 2. The van der Waals surface area contributed by atoms with E-state index in [2.05, 4.69) is 36.5 Å². The Labute approximate surface area is 109 Å². The fourth-order valence-electron chi connectivity index (χ4n) is 2.32. The van der Waals surface area contributed by atoms with Gasteiger partial charge in [0.2, 0.25) is 0 Å². The van der Waals surface area contributed by atoms with E-state index in [0.717, 1.165) is 13.1 Å². The number of likely N-dealkylation sites (N-methyl/N-ethyl adjacent to an activating group) is 2. The summed E-state index contributed by atoms with van der Waals surface area (Å²) in [5.74, 6) is 0. The molecule has 1 saturated heterocycles. The molecule has 1 fully saturated rings. The maximum atomic E-state index is 12.1. The zero-order valence-electron chi connectivity index (χ0n) is 11.3. The van der Waals surface area contributed by atoms with Crippen LogP contribution in [0.5, 0.6) is 0 Å². The van der Waals surface area contributed by atoms with E-state index in [0.29, 0.717) is 6.54 Å². The number of hydrogen-bond donors (Lipinski definition) is 1. The molecule has 18 heavy (non-hydrogen) atoms. The lowest BCUT2D eigenvalue weighted by atomic mass is 10.1. The first-order chi connectivity index (χ1) is 8.61. The van der Waals surface area contributed by atoms with Gasteiger partial charge in [-0.05, 0) is 19.5 Å². The molecule has 4 nitrogen and oxygen atoms in total. The van der Waals surface area contributed by atoms with Crippen molar-refractivity contribution in [2.75, 3.05) is 27.2 Å². The molecule has 0 bridgehead atoms. The van der Waals surface area contributed by atoms with Crippen LogP contribution in [0.3, 0.4) is 0 Å². The van der Waals surface area contributed by atoms with Crippen LogP contribution in [0.4, 0.5) is 4.79 Å². The highest BCUT2D eigenvalue weighted by Gasteiger charge is 2.33. The van der Waals surface area contributed by atoms with Gasteiger partial charge in [0.1, 0.15) is 0 Å². The monoisotopic (exact) mass is 247 g/mol. The first-order valence-corrected chi connectivity index (χ1v) is 6.33. The van der Waals surface area contributed by atoms with E-state index >= 15 is 0 Å². The summed E-state index contributed by atoms with van der Waals surface area (Å²) in [6.07, 6.45) is 0. The first kappa shape index (κ1) is 12.9. The van der Waals surface area contributed by atoms with Gasteiger partial charge < -0.3 is 15.1 Å². The van der Waals surface area contributed by atoms with Crippen molar-refractivity contribution in [2.45, 2.75) is 19.5 Å². The normalized spacial score (nSPS) is 19.7. The maximum absolute atomic E-state index is 12.1. The highest BCUT2D eigenvalue weighted by molar-refractivity contribution is 5.76. The van der Waals surface area contributed by atoms with Gasteiger partial charge in [0.15, 0.2) is 0 Å². The Morgan fingerprint density at radius 1 is 1.33 bits per heavy atom. The van der Waals surface area contributed by atoms with E-state index in [1.165, 1.54) is 11.1 Å². The molecule has 1 aromatic rings. The van der Waals surface area contributed by atoms with Gasteiger partial charge in [0.05, 0.1) is 6.04 Å². The van der Waals surface area contributed by atoms with Gasteiger partial charge in [-0.3, -0.25) is 0 Å². The van der Waals surface area contributed by atoms with Gasteiger partial charge >= 0.3 is 6.03 Å². The minimum absolute atomic E-state index is 0.121. The molecule has 4 heteroatoms. The number of benzene rings is 1. The van der Waals surface area contributed by atoms with Crippen LogP contribution in [0, 0.1) is 6.92 Å². The summed E-state index contributed by atoms with van der Waals surface area (Å²) in [5.41, 5.74) is 2.43. The van der Waals surface area contributed by atoms with Crippen LogP contribution in [0.1, 0.15) is 11.1 Å². The molecule has 1 N–H and O–H groups in total. The molecule has 1 unspecified atom stereocenters. The second-order valence-electron chi connectivity index (χ2n) is 4.97. The smallest absolute Gasteiger partial charge is 0.320 e. The van der Waals surface area contributed by atoms with Gasteiger partial charge in [0.25, 0.3) is 0 Å². The third-order valence-electron chi connectivity index (χ3n) is 3.48. The van der Waals surface area contributed by atoms with E-state index in [1.54, 1.807) is 0 Å². The third kappa shape index (κ3) is 2.64. The summed E-state index contributed by atoms with van der Waals surface area (Å²) in [6, 6.07) is 8.75. The van der Waals surface area contributed by atoms with Gasteiger partial charge in [-0.25, -0.2) is 4.79 Å². The lowest BCUT2D eigenvalue weighted by molar-refractivity contribution is 0.194. The van der Waals surface area contributed by atoms with Crippen LogP contribution < -0.4 is 5.32 Å². The summed E-state index contributed by atoms with van der Waals surface area (Å²) in [4.78, 5) is 15.8. The largest absolute Gasteiger partial charge is 0.322 e. The number of amides is 2. The molecule has 0 radical (unpaired) electrons. The summed E-state index contributed by atoms with van der Waals surface area (Å²) in [5, 5.41) is 3.13. The van der Waals surface area contributed by atoms with Gasteiger partial charge in [-0.2, -0.15) is 0 Å². The molecule has 1 aliphatic heterocycles. The van der Waals surface area contributed by atoms with Crippen LogP contribution in [0.2, 0.25) is 0 Å². The highest BCUT2D eigenvalue weighted by Crippen LogP contribution is 2.17. The standard InChI is InChI=1S/C14H21N3O/c1-11-4-6-12(7-5-11)9-17-10-13(8-15-2)16(3)14(17)18/h4-7,13,15H,8-10H2,1-3H3. The predicted octanol–water partition coefficient (Wildman–Crippen LogP) is 1.45. The molecule has 0 aromatic heterocycles. The number of urea groups is 1. The fourth-order valence-corrected chi connectivity index (χ4v) is 2.32.